The first-order chi connectivity index (χ1) is 5.63. The molecule has 0 aromatic heterocycles. The quantitative estimate of drug-likeness (QED) is 0.595. The maximum absolute atomic E-state index is 2.45. The molecule has 0 saturated heterocycles. The van der Waals surface area contributed by atoms with E-state index >= 15 is 0 Å². The smallest absolute Gasteiger partial charge is 0.0383 e. The van der Waals surface area contributed by atoms with Gasteiger partial charge in [0.25, 0.3) is 0 Å². The van der Waals surface area contributed by atoms with Crippen LogP contribution in [0.2, 0.25) is 0 Å². The van der Waals surface area contributed by atoms with Gasteiger partial charge >= 0.3 is 0 Å². The summed E-state index contributed by atoms with van der Waals surface area (Å²) in [5.41, 5.74) is 0. The summed E-state index contributed by atoms with van der Waals surface area (Å²) in [5, 5.41) is 0. The monoisotopic (exact) mass is 168 g/mol. The van der Waals surface area contributed by atoms with Crippen LogP contribution in [0.1, 0.15) is 53.4 Å². The van der Waals surface area contributed by atoms with Gasteiger partial charge in [0.1, 0.15) is 0 Å². The molecule has 3 unspecified atom stereocenters. The predicted octanol–water partition coefficient (Wildman–Crippen LogP) is 4.10. The predicted molar refractivity (Wildman–Crippen MR) is 55.1 cm³/mol. The van der Waals surface area contributed by atoms with Crippen molar-refractivity contribution in [3.8, 4) is 0 Å². The van der Waals surface area contributed by atoms with E-state index in [9.17, 15) is 0 Å². The summed E-state index contributed by atoms with van der Waals surface area (Å²) in [4.78, 5) is 0. The molecule has 1 rings (SSSR count). The van der Waals surface area contributed by atoms with E-state index in [0.717, 1.165) is 23.7 Å². The van der Waals surface area contributed by atoms with Crippen LogP contribution in [-0.2, 0) is 0 Å². The lowest BCUT2D eigenvalue weighted by Crippen LogP contribution is -2.06. The Hall–Kier alpha value is 0. The molecule has 1 fully saturated rings. The highest BCUT2D eigenvalue weighted by atomic mass is 14.4. The van der Waals surface area contributed by atoms with Crippen molar-refractivity contribution in [3.05, 3.63) is 0 Å². The van der Waals surface area contributed by atoms with E-state index in [0.29, 0.717) is 0 Å². The Morgan fingerprint density at radius 3 is 2.33 bits per heavy atom. The highest BCUT2D eigenvalue weighted by Crippen LogP contribution is 2.40. The lowest BCUT2D eigenvalue weighted by molar-refractivity contribution is 0.341. The molecule has 1 aliphatic rings. The normalized spacial score (nSPS) is 36.2. The molecule has 0 aromatic carbocycles. The molecule has 0 aromatic rings. The first-order valence-corrected chi connectivity index (χ1v) is 5.63. The average Bonchev–Trinajstić information content (AvgIpc) is 2.31. The molecular formula is C12H24. The maximum Gasteiger partial charge on any atom is -0.0383 e. The Labute approximate surface area is 77.7 Å². The Balaban J connectivity index is 2.35. The second-order valence-corrected chi connectivity index (χ2v) is 5.11. The fraction of sp³-hybridized carbons (Fsp3) is 1.00. The van der Waals surface area contributed by atoms with Crippen molar-refractivity contribution in [1.29, 1.82) is 0 Å². The maximum atomic E-state index is 2.45. The topological polar surface area (TPSA) is 0 Å². The zero-order valence-electron chi connectivity index (χ0n) is 9.14. The molecule has 12 heavy (non-hydrogen) atoms. The molecule has 3 atom stereocenters. The minimum absolute atomic E-state index is 0.896. The van der Waals surface area contributed by atoms with Gasteiger partial charge in [0, 0.05) is 0 Å². The number of rotatable bonds is 3. The number of hydrogen-bond donors (Lipinski definition) is 0. The second-order valence-electron chi connectivity index (χ2n) is 5.11. The lowest BCUT2D eigenvalue weighted by Gasteiger charge is -2.16. The van der Waals surface area contributed by atoms with Crippen LogP contribution in [0.3, 0.4) is 0 Å². The van der Waals surface area contributed by atoms with Crippen molar-refractivity contribution in [2.24, 2.45) is 23.7 Å². The summed E-state index contributed by atoms with van der Waals surface area (Å²) < 4.78 is 0. The van der Waals surface area contributed by atoms with E-state index in [1.807, 2.05) is 0 Å². The van der Waals surface area contributed by atoms with E-state index in [4.69, 9.17) is 0 Å². The first-order valence-electron chi connectivity index (χ1n) is 5.63. The largest absolute Gasteiger partial charge is 0.0651 e. The minimum atomic E-state index is 0.896. The van der Waals surface area contributed by atoms with Crippen molar-refractivity contribution >= 4 is 0 Å². The van der Waals surface area contributed by atoms with Crippen molar-refractivity contribution in [3.63, 3.8) is 0 Å². The molecular weight excluding hydrogens is 144 g/mol. The molecule has 0 spiro atoms. The van der Waals surface area contributed by atoms with Crippen molar-refractivity contribution in [1.82, 2.24) is 0 Å². The van der Waals surface area contributed by atoms with Crippen LogP contribution in [0.4, 0.5) is 0 Å². The summed E-state index contributed by atoms with van der Waals surface area (Å²) in [7, 11) is 0. The van der Waals surface area contributed by atoms with Gasteiger partial charge in [0.2, 0.25) is 0 Å². The van der Waals surface area contributed by atoms with Crippen molar-refractivity contribution in [2.45, 2.75) is 53.4 Å². The summed E-state index contributed by atoms with van der Waals surface area (Å²) >= 11 is 0. The van der Waals surface area contributed by atoms with Crippen LogP contribution in [0.25, 0.3) is 0 Å². The Morgan fingerprint density at radius 2 is 1.92 bits per heavy atom. The van der Waals surface area contributed by atoms with Gasteiger partial charge < -0.3 is 0 Å². The van der Waals surface area contributed by atoms with Gasteiger partial charge in [-0.2, -0.15) is 0 Å². The van der Waals surface area contributed by atoms with Gasteiger partial charge in [-0.15, -0.1) is 0 Å². The molecule has 1 aliphatic carbocycles. The molecule has 0 bridgehead atoms. The molecule has 0 heterocycles. The van der Waals surface area contributed by atoms with E-state index in [1.54, 1.807) is 0 Å². The Morgan fingerprint density at radius 1 is 1.25 bits per heavy atom. The van der Waals surface area contributed by atoms with Crippen LogP contribution in [-0.4, -0.2) is 0 Å². The summed E-state index contributed by atoms with van der Waals surface area (Å²) in [6, 6.07) is 0. The highest BCUT2D eigenvalue weighted by Gasteiger charge is 2.30. The van der Waals surface area contributed by atoms with Gasteiger partial charge in [-0.05, 0) is 42.9 Å². The third-order valence-corrected chi connectivity index (χ3v) is 3.50. The van der Waals surface area contributed by atoms with Crippen LogP contribution in [0.15, 0.2) is 0 Å². The van der Waals surface area contributed by atoms with E-state index in [1.165, 1.54) is 25.7 Å². The van der Waals surface area contributed by atoms with E-state index in [-0.39, 0.29) is 0 Å². The summed E-state index contributed by atoms with van der Waals surface area (Å²) in [6.45, 7) is 9.50. The van der Waals surface area contributed by atoms with Gasteiger partial charge in [-0.3, -0.25) is 0 Å². The molecule has 0 amide bonds. The average molecular weight is 168 g/mol. The van der Waals surface area contributed by atoms with Crippen LogP contribution >= 0.6 is 0 Å². The van der Waals surface area contributed by atoms with Gasteiger partial charge in [-0.25, -0.2) is 0 Å². The van der Waals surface area contributed by atoms with Crippen molar-refractivity contribution in [2.75, 3.05) is 0 Å². The third kappa shape index (κ3) is 2.50. The molecule has 1 saturated carbocycles. The fourth-order valence-electron chi connectivity index (χ4n) is 2.74. The Kier molecular flexibility index (Phi) is 3.61. The van der Waals surface area contributed by atoms with E-state index in [2.05, 4.69) is 27.7 Å². The summed E-state index contributed by atoms with van der Waals surface area (Å²) in [5.74, 6) is 3.98. The molecule has 0 radical (unpaired) electrons. The highest BCUT2D eigenvalue weighted by molar-refractivity contribution is 4.80. The van der Waals surface area contributed by atoms with Gasteiger partial charge in [-0.1, -0.05) is 34.1 Å². The summed E-state index contributed by atoms with van der Waals surface area (Å²) in [6.07, 6.45) is 5.86. The molecule has 0 heteroatoms. The SMILES string of the molecule is CCC1CC(C)C(CC(C)C)C1. The van der Waals surface area contributed by atoms with Crippen molar-refractivity contribution < 1.29 is 0 Å². The van der Waals surface area contributed by atoms with Gasteiger partial charge in [0.15, 0.2) is 0 Å². The fourth-order valence-corrected chi connectivity index (χ4v) is 2.74. The number of hydrogen-bond acceptors (Lipinski definition) is 0. The molecule has 0 nitrogen and oxygen atoms in total. The van der Waals surface area contributed by atoms with Gasteiger partial charge in [0.05, 0.1) is 0 Å². The van der Waals surface area contributed by atoms with E-state index < -0.39 is 0 Å². The zero-order valence-corrected chi connectivity index (χ0v) is 9.14. The van der Waals surface area contributed by atoms with Crippen LogP contribution in [0.5, 0.6) is 0 Å². The second kappa shape index (κ2) is 4.30. The standard InChI is InChI=1S/C12H24/c1-5-11-7-10(4)12(8-11)6-9(2)3/h9-12H,5-8H2,1-4H3. The molecule has 0 aliphatic heterocycles. The third-order valence-electron chi connectivity index (χ3n) is 3.50. The lowest BCUT2D eigenvalue weighted by atomic mass is 9.89. The molecule has 0 N–H and O–H groups in total. The van der Waals surface area contributed by atoms with Crippen LogP contribution < -0.4 is 0 Å². The zero-order chi connectivity index (χ0) is 9.14. The minimum Gasteiger partial charge on any atom is -0.0651 e. The molecule has 72 valence electrons. The van der Waals surface area contributed by atoms with Crippen LogP contribution in [0, 0.1) is 23.7 Å². The Bertz CT molecular complexity index is 126. The first kappa shape index (κ1) is 10.1.